The first-order valence-electron chi connectivity index (χ1n) is 8.75. The summed E-state index contributed by atoms with van der Waals surface area (Å²) in [6.07, 6.45) is -1.43. The number of aliphatic carboxylic acids is 2. The fourth-order valence-electron chi connectivity index (χ4n) is 2.66. The average Bonchev–Trinajstić information content (AvgIpc) is 2.72. The van der Waals surface area contributed by atoms with Crippen molar-refractivity contribution in [2.75, 3.05) is 7.11 Å². The normalized spacial score (nSPS) is 13.9. The number of hydrogen-bond donors (Lipinski definition) is 3. The van der Waals surface area contributed by atoms with Crippen molar-refractivity contribution in [3.05, 3.63) is 59.7 Å². The van der Waals surface area contributed by atoms with Gasteiger partial charge in [0.05, 0.1) is 19.0 Å². The van der Waals surface area contributed by atoms with Crippen molar-refractivity contribution in [3.63, 3.8) is 0 Å². The van der Waals surface area contributed by atoms with Crippen molar-refractivity contribution in [1.82, 2.24) is 0 Å². The molecule has 2 atom stereocenters. The summed E-state index contributed by atoms with van der Waals surface area (Å²) in [6.45, 7) is 0. The number of carbonyl (C=O) groups excluding carboxylic acids is 3. The number of esters is 1. The average molecular weight is 430 g/mol. The van der Waals surface area contributed by atoms with E-state index in [0.717, 1.165) is 6.08 Å². The van der Waals surface area contributed by atoms with Gasteiger partial charge in [-0.2, -0.15) is 0 Å². The molecule has 0 aliphatic rings. The standard InChI is InChI=1S/C21H20O10/c1-30-16-10-12(4-8-15(16)23)5-9-17(24)31-18(19(25)26)21(29,20(27)28)11-13-2-6-14(22)7-3-13/h2-10,18,22-23,29H,11H2,1H3,(H,25,26)(H,27,28)/p-2/b9-5+/t18-,21-/m1/s1. The minimum Gasteiger partial charge on any atom is -0.547 e. The third-order valence-corrected chi connectivity index (χ3v) is 4.26. The quantitative estimate of drug-likeness (QED) is 0.313. The summed E-state index contributed by atoms with van der Waals surface area (Å²) in [5, 5.41) is 52.4. The summed E-state index contributed by atoms with van der Waals surface area (Å²) >= 11 is 0. The number of methoxy groups -OCH3 is 1. The van der Waals surface area contributed by atoms with Crippen molar-refractivity contribution in [1.29, 1.82) is 0 Å². The minimum atomic E-state index is -3.15. The number of hydrogen-bond acceptors (Lipinski definition) is 10. The highest BCUT2D eigenvalue weighted by molar-refractivity contribution is 5.92. The molecule has 0 spiro atoms. The van der Waals surface area contributed by atoms with Gasteiger partial charge in [0.15, 0.2) is 17.6 Å². The molecule has 31 heavy (non-hydrogen) atoms. The van der Waals surface area contributed by atoms with Gasteiger partial charge in [-0.3, -0.25) is 0 Å². The Balaban J connectivity index is 2.24. The number of carboxylic acid groups (broad SMARTS) is 2. The van der Waals surface area contributed by atoms with Gasteiger partial charge in [0.2, 0.25) is 0 Å². The third-order valence-electron chi connectivity index (χ3n) is 4.26. The molecule has 0 aliphatic heterocycles. The highest BCUT2D eigenvalue weighted by Crippen LogP contribution is 2.27. The molecule has 164 valence electrons. The molecule has 0 heterocycles. The first-order valence-corrected chi connectivity index (χ1v) is 8.75. The van der Waals surface area contributed by atoms with E-state index in [1.807, 2.05) is 0 Å². The van der Waals surface area contributed by atoms with Gasteiger partial charge >= 0.3 is 5.97 Å². The summed E-state index contributed by atoms with van der Waals surface area (Å²) in [4.78, 5) is 35.1. The molecule has 0 saturated heterocycles. The van der Waals surface area contributed by atoms with Gasteiger partial charge in [0.25, 0.3) is 0 Å². The Morgan fingerprint density at radius 3 is 2.29 bits per heavy atom. The lowest BCUT2D eigenvalue weighted by molar-refractivity contribution is -0.345. The summed E-state index contributed by atoms with van der Waals surface area (Å²) in [5.74, 6) is -5.81. The Bertz CT molecular complexity index is 996. The van der Waals surface area contributed by atoms with E-state index in [2.05, 4.69) is 4.74 Å². The molecule has 0 saturated carbocycles. The summed E-state index contributed by atoms with van der Waals surface area (Å²) < 4.78 is 9.56. The van der Waals surface area contributed by atoms with Crippen LogP contribution in [-0.2, 0) is 25.5 Å². The summed E-state index contributed by atoms with van der Waals surface area (Å²) in [5.41, 5.74) is -2.66. The molecule has 2 aromatic rings. The molecule has 0 bridgehead atoms. The lowest BCUT2D eigenvalue weighted by Crippen LogP contribution is -2.64. The number of rotatable bonds is 9. The number of aliphatic hydroxyl groups is 1. The third kappa shape index (κ3) is 5.73. The van der Waals surface area contributed by atoms with Crippen LogP contribution in [0.5, 0.6) is 17.2 Å². The van der Waals surface area contributed by atoms with Gasteiger partial charge in [-0.1, -0.05) is 18.2 Å². The number of phenols is 2. The number of ether oxygens (including phenoxy) is 2. The largest absolute Gasteiger partial charge is 0.547 e. The van der Waals surface area contributed by atoms with Crippen molar-refractivity contribution in [2.45, 2.75) is 18.1 Å². The van der Waals surface area contributed by atoms with Crippen LogP contribution in [0.25, 0.3) is 6.08 Å². The van der Waals surface area contributed by atoms with Gasteiger partial charge in [0.1, 0.15) is 11.4 Å². The SMILES string of the molecule is COc1cc(/C=C/C(=O)O[C@H](C(=O)[O-])[C@](O)(Cc2ccc(O)cc2)C(=O)[O-])ccc1O. The molecule has 0 aliphatic carbocycles. The molecular formula is C21H18O10-2. The van der Waals surface area contributed by atoms with Crippen LogP contribution in [0.1, 0.15) is 11.1 Å². The molecule has 10 heteroatoms. The Hall–Kier alpha value is -4.05. The van der Waals surface area contributed by atoms with Crippen LogP contribution in [0.2, 0.25) is 0 Å². The molecule has 2 aromatic carbocycles. The van der Waals surface area contributed by atoms with Crippen LogP contribution >= 0.6 is 0 Å². The molecule has 2 rings (SSSR count). The maximum Gasteiger partial charge on any atom is 0.331 e. The van der Waals surface area contributed by atoms with Crippen LogP contribution in [0.3, 0.4) is 0 Å². The van der Waals surface area contributed by atoms with E-state index >= 15 is 0 Å². The Kier molecular flexibility index (Phi) is 7.22. The second-order valence-electron chi connectivity index (χ2n) is 6.46. The van der Waals surface area contributed by atoms with Crippen LogP contribution in [0.4, 0.5) is 0 Å². The van der Waals surface area contributed by atoms with Crippen molar-refractivity contribution in [2.24, 2.45) is 0 Å². The van der Waals surface area contributed by atoms with E-state index < -0.39 is 36.0 Å². The van der Waals surface area contributed by atoms with Crippen LogP contribution in [0, 0.1) is 0 Å². The highest BCUT2D eigenvalue weighted by atomic mass is 16.6. The number of carboxylic acids is 2. The van der Waals surface area contributed by atoms with E-state index in [0.29, 0.717) is 5.56 Å². The Labute approximate surface area is 176 Å². The fraction of sp³-hybridized carbons (Fsp3) is 0.190. The van der Waals surface area contributed by atoms with Crippen molar-refractivity contribution < 1.29 is 49.4 Å². The maximum atomic E-state index is 12.1. The lowest BCUT2D eigenvalue weighted by atomic mass is 9.88. The summed E-state index contributed by atoms with van der Waals surface area (Å²) in [6, 6.07) is 8.96. The van der Waals surface area contributed by atoms with Crippen LogP contribution < -0.4 is 14.9 Å². The summed E-state index contributed by atoms with van der Waals surface area (Å²) in [7, 11) is 1.32. The fourth-order valence-corrected chi connectivity index (χ4v) is 2.66. The van der Waals surface area contributed by atoms with Gasteiger partial charge in [-0.05, 0) is 41.5 Å². The van der Waals surface area contributed by atoms with Crippen LogP contribution in [-0.4, -0.2) is 52.0 Å². The first-order chi connectivity index (χ1) is 14.6. The molecule has 0 radical (unpaired) electrons. The predicted molar refractivity (Wildman–Crippen MR) is 100 cm³/mol. The zero-order valence-corrected chi connectivity index (χ0v) is 16.2. The van der Waals surface area contributed by atoms with Gasteiger partial charge < -0.3 is 44.6 Å². The van der Waals surface area contributed by atoms with Gasteiger partial charge in [-0.15, -0.1) is 0 Å². The Morgan fingerprint density at radius 1 is 1.10 bits per heavy atom. The number of carbonyl (C=O) groups is 3. The second kappa shape index (κ2) is 9.63. The van der Waals surface area contributed by atoms with E-state index in [1.54, 1.807) is 0 Å². The highest BCUT2D eigenvalue weighted by Gasteiger charge is 2.42. The Morgan fingerprint density at radius 2 is 1.74 bits per heavy atom. The zero-order chi connectivity index (χ0) is 23.2. The predicted octanol–water partition coefficient (Wildman–Crippen LogP) is -1.49. The molecule has 0 unspecified atom stereocenters. The number of benzene rings is 2. The molecular weight excluding hydrogens is 412 g/mol. The molecule has 0 aromatic heterocycles. The molecule has 10 nitrogen and oxygen atoms in total. The number of phenolic OH excluding ortho intramolecular Hbond substituents is 2. The van der Waals surface area contributed by atoms with E-state index in [1.165, 1.54) is 55.7 Å². The monoisotopic (exact) mass is 430 g/mol. The van der Waals surface area contributed by atoms with Gasteiger partial charge in [0, 0.05) is 12.5 Å². The first kappa shape index (κ1) is 23.2. The van der Waals surface area contributed by atoms with E-state index in [-0.39, 0.29) is 22.8 Å². The second-order valence-corrected chi connectivity index (χ2v) is 6.46. The van der Waals surface area contributed by atoms with Crippen molar-refractivity contribution in [3.8, 4) is 17.2 Å². The van der Waals surface area contributed by atoms with Gasteiger partial charge in [-0.25, -0.2) is 4.79 Å². The topological polar surface area (TPSA) is 176 Å². The van der Waals surface area contributed by atoms with E-state index in [4.69, 9.17) is 4.74 Å². The lowest BCUT2D eigenvalue weighted by Gasteiger charge is -2.36. The minimum absolute atomic E-state index is 0.114. The molecule has 0 fully saturated rings. The van der Waals surface area contributed by atoms with E-state index in [9.17, 15) is 39.9 Å². The number of aromatic hydroxyl groups is 2. The van der Waals surface area contributed by atoms with Crippen LogP contribution in [0.15, 0.2) is 48.5 Å². The zero-order valence-electron chi connectivity index (χ0n) is 16.2. The molecule has 0 amide bonds. The maximum absolute atomic E-state index is 12.1. The molecule has 3 N–H and O–H groups in total. The van der Waals surface area contributed by atoms with Crippen molar-refractivity contribution >= 4 is 24.0 Å². The smallest absolute Gasteiger partial charge is 0.331 e.